The Bertz CT molecular complexity index is 1190. The number of benzene rings is 3. The van der Waals surface area contributed by atoms with Gasteiger partial charge in [0.25, 0.3) is 0 Å². The van der Waals surface area contributed by atoms with Gasteiger partial charge in [-0.1, -0.05) is 48.5 Å². The average Bonchev–Trinajstić information content (AvgIpc) is 2.92. The summed E-state index contributed by atoms with van der Waals surface area (Å²) in [5.41, 5.74) is -0.479. The Morgan fingerprint density at radius 3 is 1.85 bits per heavy atom. The summed E-state index contributed by atoms with van der Waals surface area (Å²) >= 11 is 0. The molecule has 0 bridgehead atoms. The van der Waals surface area contributed by atoms with Crippen LogP contribution in [0, 0.1) is 0 Å². The molecular formula is C30H32F6N2O. The molecule has 2 atom stereocenters. The first-order valence-corrected chi connectivity index (χ1v) is 12.9. The first-order valence-electron chi connectivity index (χ1n) is 12.9. The third-order valence-electron chi connectivity index (χ3n) is 7.47. The summed E-state index contributed by atoms with van der Waals surface area (Å²) in [4.78, 5) is 4.64. The van der Waals surface area contributed by atoms with Gasteiger partial charge in [0.15, 0.2) is 0 Å². The Morgan fingerprint density at radius 1 is 0.744 bits per heavy atom. The van der Waals surface area contributed by atoms with Crippen LogP contribution in [0.2, 0.25) is 0 Å². The van der Waals surface area contributed by atoms with Gasteiger partial charge in [0.05, 0.1) is 18.2 Å². The van der Waals surface area contributed by atoms with E-state index in [1.54, 1.807) is 7.11 Å². The number of nitrogens with zero attached hydrogens (tertiary/aromatic N) is 2. The summed E-state index contributed by atoms with van der Waals surface area (Å²) in [5, 5.41) is 0. The van der Waals surface area contributed by atoms with Crippen LogP contribution in [-0.2, 0) is 18.8 Å². The van der Waals surface area contributed by atoms with Crippen molar-refractivity contribution >= 4 is 0 Å². The standard InChI is InChI=1S/C30H32F6N2O/c1-21(23-8-4-3-5-9-23)37-14-16-38(17-15-37)27(26-10-6-7-11-28(26)39-2)13-12-22-18-24(29(31,32)33)20-25(19-22)30(34,35)36/h3-11,18-21,27H,12-17H2,1-2H3. The van der Waals surface area contributed by atoms with Gasteiger partial charge in [-0.15, -0.1) is 0 Å². The number of ether oxygens (including phenoxy) is 1. The number of piperazine rings is 1. The number of hydrogen-bond acceptors (Lipinski definition) is 3. The molecule has 9 heteroatoms. The molecule has 1 saturated heterocycles. The average molecular weight is 551 g/mol. The summed E-state index contributed by atoms with van der Waals surface area (Å²) in [6, 6.07) is 19.4. The van der Waals surface area contributed by atoms with Crippen LogP contribution in [0.15, 0.2) is 72.8 Å². The molecule has 210 valence electrons. The molecule has 1 fully saturated rings. The first kappa shape index (κ1) is 29.0. The highest BCUT2D eigenvalue weighted by Crippen LogP contribution is 2.38. The van der Waals surface area contributed by atoms with Crippen LogP contribution >= 0.6 is 0 Å². The van der Waals surface area contributed by atoms with Gasteiger partial charge in [0, 0.05) is 43.8 Å². The number of methoxy groups -OCH3 is 1. The summed E-state index contributed by atoms with van der Waals surface area (Å²) in [6.45, 7) is 5.13. The van der Waals surface area contributed by atoms with E-state index < -0.39 is 23.5 Å². The van der Waals surface area contributed by atoms with Crippen LogP contribution in [0.1, 0.15) is 53.2 Å². The highest BCUT2D eigenvalue weighted by Gasteiger charge is 2.37. The van der Waals surface area contributed by atoms with Gasteiger partial charge in [-0.2, -0.15) is 26.3 Å². The van der Waals surface area contributed by atoms with Crippen LogP contribution < -0.4 is 4.74 Å². The van der Waals surface area contributed by atoms with Gasteiger partial charge in [0.2, 0.25) is 0 Å². The predicted octanol–water partition coefficient (Wildman–Crippen LogP) is 7.79. The molecule has 3 aromatic carbocycles. The van der Waals surface area contributed by atoms with Gasteiger partial charge < -0.3 is 4.74 Å². The van der Waals surface area contributed by atoms with E-state index in [1.807, 2.05) is 42.5 Å². The zero-order valence-corrected chi connectivity index (χ0v) is 21.9. The predicted molar refractivity (Wildman–Crippen MR) is 139 cm³/mol. The molecule has 1 aliphatic heterocycles. The Morgan fingerprint density at radius 2 is 1.28 bits per heavy atom. The lowest BCUT2D eigenvalue weighted by Gasteiger charge is -2.42. The van der Waals surface area contributed by atoms with E-state index in [2.05, 4.69) is 28.9 Å². The van der Waals surface area contributed by atoms with Crippen molar-refractivity contribution in [2.75, 3.05) is 33.3 Å². The van der Waals surface area contributed by atoms with Gasteiger partial charge in [-0.05, 0) is 55.2 Å². The van der Waals surface area contributed by atoms with E-state index in [4.69, 9.17) is 4.74 Å². The summed E-state index contributed by atoms with van der Waals surface area (Å²) in [5.74, 6) is 0.641. The molecule has 0 spiro atoms. The monoisotopic (exact) mass is 550 g/mol. The summed E-state index contributed by atoms with van der Waals surface area (Å²) in [7, 11) is 1.55. The lowest BCUT2D eigenvalue weighted by atomic mass is 9.94. The van der Waals surface area contributed by atoms with E-state index in [9.17, 15) is 26.3 Å². The molecule has 4 rings (SSSR count). The SMILES string of the molecule is COc1ccccc1C(CCc1cc(C(F)(F)F)cc(C(F)(F)F)c1)N1CCN(C(C)c2ccccc2)CC1. The van der Waals surface area contributed by atoms with Crippen molar-refractivity contribution in [3.8, 4) is 5.75 Å². The van der Waals surface area contributed by atoms with E-state index in [0.717, 1.165) is 30.8 Å². The van der Waals surface area contributed by atoms with Crippen LogP contribution in [0.5, 0.6) is 5.75 Å². The smallest absolute Gasteiger partial charge is 0.416 e. The van der Waals surface area contributed by atoms with Crippen molar-refractivity contribution < 1.29 is 31.1 Å². The minimum Gasteiger partial charge on any atom is -0.496 e. The lowest BCUT2D eigenvalue weighted by molar-refractivity contribution is -0.143. The van der Waals surface area contributed by atoms with Crippen molar-refractivity contribution in [1.82, 2.24) is 9.80 Å². The molecule has 0 N–H and O–H groups in total. The van der Waals surface area contributed by atoms with Crippen molar-refractivity contribution in [1.29, 1.82) is 0 Å². The second-order valence-electron chi connectivity index (χ2n) is 9.87. The lowest BCUT2D eigenvalue weighted by Crippen LogP contribution is -2.48. The van der Waals surface area contributed by atoms with Gasteiger partial charge >= 0.3 is 12.4 Å². The first-order chi connectivity index (χ1) is 18.5. The van der Waals surface area contributed by atoms with Gasteiger partial charge in [-0.3, -0.25) is 9.80 Å². The summed E-state index contributed by atoms with van der Waals surface area (Å²) in [6.07, 6.45) is -9.35. The third-order valence-corrected chi connectivity index (χ3v) is 7.47. The Balaban J connectivity index is 1.57. The number of aryl methyl sites for hydroxylation is 1. The normalized spacial score (nSPS) is 17.1. The molecule has 0 amide bonds. The van der Waals surface area contributed by atoms with Crippen LogP contribution in [0.25, 0.3) is 0 Å². The van der Waals surface area contributed by atoms with Crippen molar-refractivity contribution in [3.05, 3.63) is 101 Å². The highest BCUT2D eigenvalue weighted by atomic mass is 19.4. The molecule has 2 unspecified atom stereocenters. The Kier molecular flexibility index (Phi) is 8.91. The summed E-state index contributed by atoms with van der Waals surface area (Å²) < 4.78 is 86.1. The highest BCUT2D eigenvalue weighted by molar-refractivity contribution is 5.37. The van der Waals surface area contributed by atoms with Crippen molar-refractivity contribution in [2.24, 2.45) is 0 Å². The van der Waals surface area contributed by atoms with Crippen LogP contribution in [0.4, 0.5) is 26.3 Å². The zero-order valence-electron chi connectivity index (χ0n) is 21.9. The largest absolute Gasteiger partial charge is 0.496 e. The minimum atomic E-state index is -4.87. The maximum absolute atomic E-state index is 13.4. The van der Waals surface area contributed by atoms with E-state index in [0.29, 0.717) is 25.3 Å². The van der Waals surface area contributed by atoms with E-state index in [1.165, 1.54) is 5.56 Å². The fraction of sp³-hybridized carbons (Fsp3) is 0.400. The molecule has 3 aromatic rings. The van der Waals surface area contributed by atoms with Gasteiger partial charge in [0.1, 0.15) is 5.75 Å². The minimum absolute atomic E-state index is 0.00776. The molecule has 0 aromatic heterocycles. The maximum atomic E-state index is 13.4. The van der Waals surface area contributed by atoms with Crippen molar-refractivity contribution in [2.45, 2.75) is 44.2 Å². The van der Waals surface area contributed by atoms with Gasteiger partial charge in [-0.25, -0.2) is 0 Å². The molecule has 3 nitrogen and oxygen atoms in total. The molecule has 39 heavy (non-hydrogen) atoms. The van der Waals surface area contributed by atoms with Crippen molar-refractivity contribution in [3.63, 3.8) is 0 Å². The number of rotatable bonds is 8. The zero-order chi connectivity index (χ0) is 28.2. The molecule has 1 heterocycles. The Labute approximate surface area is 225 Å². The number of hydrogen-bond donors (Lipinski definition) is 0. The molecule has 0 aliphatic carbocycles. The number of alkyl halides is 6. The number of para-hydroxylation sites is 1. The van der Waals surface area contributed by atoms with E-state index >= 15 is 0 Å². The fourth-order valence-electron chi connectivity index (χ4n) is 5.32. The number of halogens is 6. The second kappa shape index (κ2) is 12.0. The maximum Gasteiger partial charge on any atom is 0.416 e. The van der Waals surface area contributed by atoms with Crippen LogP contribution in [-0.4, -0.2) is 43.1 Å². The molecule has 0 radical (unpaired) electrons. The Hall–Kier alpha value is -3.04. The topological polar surface area (TPSA) is 15.7 Å². The second-order valence-corrected chi connectivity index (χ2v) is 9.87. The fourth-order valence-corrected chi connectivity index (χ4v) is 5.32. The molecule has 1 aliphatic rings. The molecule has 0 saturated carbocycles. The van der Waals surface area contributed by atoms with Crippen LogP contribution in [0.3, 0.4) is 0 Å². The third kappa shape index (κ3) is 7.13. The quantitative estimate of drug-likeness (QED) is 0.266. The van der Waals surface area contributed by atoms with E-state index in [-0.39, 0.29) is 30.1 Å². The molecular weight excluding hydrogens is 518 g/mol.